The van der Waals surface area contributed by atoms with Crippen molar-refractivity contribution in [1.29, 1.82) is 0 Å². The average molecular weight is 294 g/mol. The number of amides is 2. The summed E-state index contributed by atoms with van der Waals surface area (Å²) < 4.78 is 17.9. The molecule has 114 valence electrons. The van der Waals surface area contributed by atoms with E-state index >= 15 is 0 Å². The van der Waals surface area contributed by atoms with Gasteiger partial charge in [0.25, 0.3) is 0 Å². The second-order valence-electron chi connectivity index (χ2n) is 5.09. The predicted octanol–water partition coefficient (Wildman–Crippen LogP) is 1.55. The van der Waals surface area contributed by atoms with Gasteiger partial charge >= 0.3 is 0 Å². The Morgan fingerprint density at radius 1 is 1.33 bits per heavy atom. The Kier molecular flexibility index (Phi) is 5.27. The Bertz CT molecular complexity index is 521. The van der Waals surface area contributed by atoms with Crippen LogP contribution in [0.2, 0.25) is 0 Å². The maximum atomic E-state index is 13.0. The lowest BCUT2D eigenvalue weighted by atomic mass is 10.2. The molecule has 5 nitrogen and oxygen atoms in total. The zero-order valence-corrected chi connectivity index (χ0v) is 11.9. The first kappa shape index (κ1) is 15.4. The van der Waals surface area contributed by atoms with Crippen LogP contribution in [0, 0.1) is 17.7 Å². The molecule has 0 radical (unpaired) electrons. The zero-order valence-electron chi connectivity index (χ0n) is 11.9. The molecule has 0 spiro atoms. The lowest BCUT2D eigenvalue weighted by molar-refractivity contribution is -0.125. The van der Waals surface area contributed by atoms with Crippen molar-refractivity contribution >= 4 is 17.5 Å². The van der Waals surface area contributed by atoms with Crippen LogP contribution in [0.3, 0.4) is 0 Å². The third kappa shape index (κ3) is 4.53. The van der Waals surface area contributed by atoms with E-state index in [2.05, 4.69) is 10.6 Å². The minimum atomic E-state index is -0.406. The molecule has 2 unspecified atom stereocenters. The lowest BCUT2D eigenvalue weighted by Gasteiger charge is -2.06. The summed E-state index contributed by atoms with van der Waals surface area (Å²) in [5.41, 5.74) is 0.408. The summed E-state index contributed by atoms with van der Waals surface area (Å²) >= 11 is 0. The van der Waals surface area contributed by atoms with E-state index in [-0.39, 0.29) is 23.7 Å². The number of carbonyl (C=O) groups excluding carboxylic acids is 2. The van der Waals surface area contributed by atoms with Gasteiger partial charge in [-0.15, -0.1) is 0 Å². The number of hydrogen-bond acceptors (Lipinski definition) is 3. The fourth-order valence-corrected chi connectivity index (χ4v) is 2.13. The normalized spacial score (nSPS) is 19.9. The number of halogens is 1. The van der Waals surface area contributed by atoms with Crippen LogP contribution in [0.15, 0.2) is 24.3 Å². The third-order valence-corrected chi connectivity index (χ3v) is 3.38. The second kappa shape index (κ2) is 7.17. The largest absolute Gasteiger partial charge is 0.385 e. The molecule has 21 heavy (non-hydrogen) atoms. The summed E-state index contributed by atoms with van der Waals surface area (Å²) in [6, 6.07) is 5.70. The van der Waals surface area contributed by atoms with E-state index in [1.807, 2.05) is 0 Å². The number of methoxy groups -OCH3 is 1. The van der Waals surface area contributed by atoms with Gasteiger partial charge in [-0.1, -0.05) is 6.07 Å². The van der Waals surface area contributed by atoms with Crippen LogP contribution in [0.5, 0.6) is 0 Å². The van der Waals surface area contributed by atoms with Crippen LogP contribution < -0.4 is 10.6 Å². The molecule has 6 heteroatoms. The zero-order chi connectivity index (χ0) is 15.2. The first-order chi connectivity index (χ1) is 10.1. The lowest BCUT2D eigenvalue weighted by Crippen LogP contribution is -2.28. The van der Waals surface area contributed by atoms with Gasteiger partial charge in [0.1, 0.15) is 5.82 Å². The number of nitrogens with one attached hydrogen (secondary N) is 2. The molecule has 0 heterocycles. The van der Waals surface area contributed by atoms with Crippen molar-refractivity contribution in [2.24, 2.45) is 11.8 Å². The van der Waals surface area contributed by atoms with Crippen molar-refractivity contribution in [3.05, 3.63) is 30.1 Å². The Balaban J connectivity index is 1.74. The van der Waals surface area contributed by atoms with Gasteiger partial charge < -0.3 is 15.4 Å². The third-order valence-electron chi connectivity index (χ3n) is 3.38. The molecule has 1 aliphatic carbocycles. The van der Waals surface area contributed by atoms with Crippen molar-refractivity contribution < 1.29 is 18.7 Å². The molecule has 2 N–H and O–H groups in total. The number of benzene rings is 1. The molecule has 2 rings (SSSR count). The van der Waals surface area contributed by atoms with Crippen molar-refractivity contribution in [3.8, 4) is 0 Å². The fourth-order valence-electron chi connectivity index (χ4n) is 2.13. The minimum absolute atomic E-state index is 0.106. The standard InChI is InChI=1S/C15H19FN2O3/c1-21-7-3-6-17-14(19)12-9-13(12)15(20)18-11-5-2-4-10(16)8-11/h2,4-5,8,12-13H,3,6-7,9H2,1H3,(H,17,19)(H,18,20). The van der Waals surface area contributed by atoms with Gasteiger partial charge in [0, 0.05) is 25.9 Å². The van der Waals surface area contributed by atoms with Gasteiger partial charge in [0.05, 0.1) is 11.8 Å². The second-order valence-corrected chi connectivity index (χ2v) is 5.09. The summed E-state index contributed by atoms with van der Waals surface area (Å²) in [5, 5.41) is 5.41. The summed E-state index contributed by atoms with van der Waals surface area (Å²) in [5.74, 6) is -1.35. The molecule has 1 aromatic carbocycles. The maximum absolute atomic E-state index is 13.0. The van der Waals surface area contributed by atoms with E-state index < -0.39 is 5.82 Å². The summed E-state index contributed by atoms with van der Waals surface area (Å²) in [4.78, 5) is 23.7. The molecule has 0 aliphatic heterocycles. The maximum Gasteiger partial charge on any atom is 0.228 e. The molecule has 1 aromatic rings. The van der Waals surface area contributed by atoms with Crippen LogP contribution in [0.1, 0.15) is 12.8 Å². The highest BCUT2D eigenvalue weighted by molar-refractivity contribution is 5.99. The van der Waals surface area contributed by atoms with Crippen molar-refractivity contribution in [2.75, 3.05) is 25.6 Å². The van der Waals surface area contributed by atoms with Gasteiger partial charge in [0.2, 0.25) is 11.8 Å². The van der Waals surface area contributed by atoms with E-state index in [1.165, 1.54) is 18.2 Å². The quantitative estimate of drug-likeness (QED) is 0.750. The highest BCUT2D eigenvalue weighted by Gasteiger charge is 2.47. The average Bonchev–Trinajstić information content (AvgIpc) is 3.24. The van der Waals surface area contributed by atoms with Crippen LogP contribution in [0.25, 0.3) is 0 Å². The highest BCUT2D eigenvalue weighted by atomic mass is 19.1. The van der Waals surface area contributed by atoms with E-state index in [0.717, 1.165) is 6.42 Å². The smallest absolute Gasteiger partial charge is 0.228 e. The molecule has 1 saturated carbocycles. The van der Waals surface area contributed by atoms with Gasteiger partial charge in [-0.2, -0.15) is 0 Å². The summed E-state index contributed by atoms with van der Waals surface area (Å²) in [7, 11) is 1.61. The van der Waals surface area contributed by atoms with Crippen LogP contribution in [-0.4, -0.2) is 32.1 Å². The molecule has 0 saturated heterocycles. The van der Waals surface area contributed by atoms with Crippen molar-refractivity contribution in [2.45, 2.75) is 12.8 Å². The van der Waals surface area contributed by atoms with E-state index in [1.54, 1.807) is 13.2 Å². The Morgan fingerprint density at radius 2 is 2.10 bits per heavy atom. The van der Waals surface area contributed by atoms with Crippen molar-refractivity contribution in [1.82, 2.24) is 5.32 Å². The fraction of sp³-hybridized carbons (Fsp3) is 0.467. The van der Waals surface area contributed by atoms with Gasteiger partial charge in [-0.25, -0.2) is 4.39 Å². The van der Waals surface area contributed by atoms with Crippen LogP contribution in [0.4, 0.5) is 10.1 Å². The number of ether oxygens (including phenoxy) is 1. The Labute approximate surface area is 122 Å². The molecular formula is C15H19FN2O3. The Hall–Kier alpha value is -1.95. The van der Waals surface area contributed by atoms with E-state index in [0.29, 0.717) is 25.3 Å². The number of hydrogen-bond donors (Lipinski definition) is 2. The molecule has 1 fully saturated rings. The number of carbonyl (C=O) groups is 2. The topological polar surface area (TPSA) is 67.4 Å². The number of anilines is 1. The van der Waals surface area contributed by atoms with Gasteiger partial charge in [-0.3, -0.25) is 9.59 Å². The Morgan fingerprint density at radius 3 is 2.81 bits per heavy atom. The SMILES string of the molecule is COCCCNC(=O)C1CC1C(=O)Nc1cccc(F)c1. The first-order valence-electron chi connectivity index (χ1n) is 6.95. The molecule has 0 bridgehead atoms. The summed E-state index contributed by atoms with van der Waals surface area (Å²) in [6.07, 6.45) is 1.28. The molecule has 0 aromatic heterocycles. The van der Waals surface area contributed by atoms with Gasteiger partial charge in [0.15, 0.2) is 0 Å². The monoisotopic (exact) mass is 294 g/mol. The van der Waals surface area contributed by atoms with Crippen LogP contribution >= 0.6 is 0 Å². The predicted molar refractivity (Wildman–Crippen MR) is 76.1 cm³/mol. The van der Waals surface area contributed by atoms with Crippen molar-refractivity contribution in [3.63, 3.8) is 0 Å². The summed E-state index contributed by atoms with van der Waals surface area (Å²) in [6.45, 7) is 1.13. The van der Waals surface area contributed by atoms with E-state index in [4.69, 9.17) is 4.74 Å². The van der Waals surface area contributed by atoms with E-state index in [9.17, 15) is 14.0 Å². The first-order valence-corrected chi connectivity index (χ1v) is 6.95. The molecule has 1 aliphatic rings. The minimum Gasteiger partial charge on any atom is -0.385 e. The number of rotatable bonds is 7. The highest BCUT2D eigenvalue weighted by Crippen LogP contribution is 2.39. The van der Waals surface area contributed by atoms with Crippen LogP contribution in [-0.2, 0) is 14.3 Å². The van der Waals surface area contributed by atoms with Gasteiger partial charge in [-0.05, 0) is 31.0 Å². The molecule has 2 amide bonds. The molecule has 2 atom stereocenters. The molecular weight excluding hydrogens is 275 g/mol.